The van der Waals surface area contributed by atoms with Crippen LogP contribution in [0.15, 0.2) is 12.1 Å². The number of hydrogen-bond donors (Lipinski definition) is 0. The number of hydrogen-bond acceptors (Lipinski definition) is 3. The maximum absolute atomic E-state index is 11.3. The molecule has 0 aliphatic heterocycles. The van der Waals surface area contributed by atoms with E-state index < -0.39 is 5.97 Å². The first-order chi connectivity index (χ1) is 6.60. The molecule has 1 rings (SSSR count). The van der Waals surface area contributed by atoms with Crippen molar-refractivity contribution in [2.75, 3.05) is 14.2 Å². The SMILES string of the molecule is COC(=O)c1cc(OC)c(Cl)cc1C. The van der Waals surface area contributed by atoms with Crippen LogP contribution >= 0.6 is 11.6 Å². The molecule has 1 aromatic rings. The van der Waals surface area contributed by atoms with E-state index >= 15 is 0 Å². The minimum absolute atomic E-state index is 0.391. The van der Waals surface area contributed by atoms with Crippen LogP contribution in [0.4, 0.5) is 0 Å². The summed E-state index contributed by atoms with van der Waals surface area (Å²) in [5, 5.41) is 0.484. The van der Waals surface area contributed by atoms with Gasteiger partial charge < -0.3 is 9.47 Å². The second kappa shape index (κ2) is 4.33. The Labute approximate surface area is 87.6 Å². The van der Waals surface area contributed by atoms with E-state index in [9.17, 15) is 4.79 Å². The Balaban J connectivity index is 3.24. The van der Waals surface area contributed by atoms with E-state index in [2.05, 4.69) is 4.74 Å². The lowest BCUT2D eigenvalue weighted by molar-refractivity contribution is 0.0599. The molecular weight excluding hydrogens is 204 g/mol. The van der Waals surface area contributed by atoms with E-state index in [-0.39, 0.29) is 0 Å². The van der Waals surface area contributed by atoms with Crippen molar-refractivity contribution in [3.63, 3.8) is 0 Å². The summed E-state index contributed by atoms with van der Waals surface area (Å²) in [7, 11) is 2.83. The van der Waals surface area contributed by atoms with Crippen molar-refractivity contribution in [2.24, 2.45) is 0 Å². The van der Waals surface area contributed by atoms with Gasteiger partial charge in [0, 0.05) is 0 Å². The molecule has 1 aromatic carbocycles. The highest BCUT2D eigenvalue weighted by Gasteiger charge is 2.12. The maximum Gasteiger partial charge on any atom is 0.338 e. The van der Waals surface area contributed by atoms with Crippen LogP contribution in [0.5, 0.6) is 5.75 Å². The first-order valence-corrected chi connectivity index (χ1v) is 4.40. The topological polar surface area (TPSA) is 35.5 Å². The predicted molar refractivity (Wildman–Crippen MR) is 54.1 cm³/mol. The molecule has 0 atom stereocenters. The van der Waals surface area contributed by atoms with Crippen molar-refractivity contribution >= 4 is 17.6 Å². The van der Waals surface area contributed by atoms with E-state index in [1.807, 2.05) is 0 Å². The molecule has 4 heteroatoms. The fraction of sp³-hybridized carbons (Fsp3) is 0.300. The van der Waals surface area contributed by atoms with Crippen LogP contribution in [0, 0.1) is 6.92 Å². The number of halogens is 1. The Hall–Kier alpha value is -1.22. The molecule has 76 valence electrons. The number of carbonyl (C=O) groups is 1. The van der Waals surface area contributed by atoms with Gasteiger partial charge in [-0.1, -0.05) is 11.6 Å². The number of rotatable bonds is 2. The summed E-state index contributed by atoms with van der Waals surface area (Å²) in [6, 6.07) is 3.25. The molecule has 0 N–H and O–H groups in total. The first kappa shape index (κ1) is 10.9. The van der Waals surface area contributed by atoms with Gasteiger partial charge in [0.25, 0.3) is 0 Å². The summed E-state index contributed by atoms with van der Waals surface area (Å²) < 4.78 is 9.61. The van der Waals surface area contributed by atoms with Gasteiger partial charge in [0.15, 0.2) is 0 Å². The standard InChI is InChI=1S/C10H11ClO3/c1-6-4-8(11)9(13-2)5-7(6)10(12)14-3/h4-5H,1-3H3. The van der Waals surface area contributed by atoms with Gasteiger partial charge >= 0.3 is 5.97 Å². The smallest absolute Gasteiger partial charge is 0.338 e. The van der Waals surface area contributed by atoms with Crippen molar-refractivity contribution in [2.45, 2.75) is 6.92 Å². The highest BCUT2D eigenvalue weighted by molar-refractivity contribution is 6.32. The molecule has 14 heavy (non-hydrogen) atoms. The van der Waals surface area contributed by atoms with Crippen LogP contribution in [0.2, 0.25) is 5.02 Å². The van der Waals surface area contributed by atoms with Crippen molar-refractivity contribution in [3.05, 3.63) is 28.3 Å². The van der Waals surface area contributed by atoms with Crippen LogP contribution in [0.25, 0.3) is 0 Å². The Bertz CT molecular complexity index is 361. The molecular formula is C10H11ClO3. The van der Waals surface area contributed by atoms with Crippen molar-refractivity contribution in [1.29, 1.82) is 0 Å². The largest absolute Gasteiger partial charge is 0.495 e. The summed E-state index contributed by atoms with van der Waals surface area (Å²) >= 11 is 5.87. The zero-order valence-corrected chi connectivity index (χ0v) is 9.01. The predicted octanol–water partition coefficient (Wildman–Crippen LogP) is 2.44. The van der Waals surface area contributed by atoms with Gasteiger partial charge in [-0.15, -0.1) is 0 Å². The fourth-order valence-electron chi connectivity index (χ4n) is 1.14. The maximum atomic E-state index is 11.3. The quantitative estimate of drug-likeness (QED) is 0.710. The monoisotopic (exact) mass is 214 g/mol. The lowest BCUT2D eigenvalue weighted by atomic mass is 10.1. The number of benzene rings is 1. The third kappa shape index (κ3) is 1.99. The molecule has 0 radical (unpaired) electrons. The van der Waals surface area contributed by atoms with E-state index in [4.69, 9.17) is 16.3 Å². The molecule has 0 bridgehead atoms. The van der Waals surface area contributed by atoms with Gasteiger partial charge in [-0.05, 0) is 24.6 Å². The molecule has 0 unspecified atom stereocenters. The van der Waals surface area contributed by atoms with Crippen LogP contribution in [0.3, 0.4) is 0 Å². The van der Waals surface area contributed by atoms with Crippen LogP contribution < -0.4 is 4.74 Å². The van der Waals surface area contributed by atoms with Gasteiger partial charge in [0.05, 0.1) is 24.8 Å². The Morgan fingerprint density at radius 1 is 1.36 bits per heavy atom. The van der Waals surface area contributed by atoms with Crippen molar-refractivity contribution in [3.8, 4) is 5.75 Å². The summed E-state index contributed by atoms with van der Waals surface area (Å²) in [6.07, 6.45) is 0. The third-order valence-corrected chi connectivity index (χ3v) is 2.20. The first-order valence-electron chi connectivity index (χ1n) is 4.02. The van der Waals surface area contributed by atoms with Crippen molar-refractivity contribution < 1.29 is 14.3 Å². The molecule has 0 amide bonds. The molecule has 3 nitrogen and oxygen atoms in total. The van der Waals surface area contributed by atoms with Gasteiger partial charge in [-0.3, -0.25) is 0 Å². The lowest BCUT2D eigenvalue weighted by Crippen LogP contribution is -2.04. The molecule has 0 spiro atoms. The van der Waals surface area contributed by atoms with Gasteiger partial charge in [0.1, 0.15) is 5.75 Å². The normalized spacial score (nSPS) is 9.71. The van der Waals surface area contributed by atoms with Crippen LogP contribution in [-0.4, -0.2) is 20.2 Å². The molecule has 0 heterocycles. The molecule has 0 fully saturated rings. The Morgan fingerprint density at radius 3 is 2.50 bits per heavy atom. The summed E-state index contributed by atoms with van der Waals surface area (Å²) in [5.41, 5.74) is 1.23. The summed E-state index contributed by atoms with van der Waals surface area (Å²) in [5.74, 6) is 0.0788. The third-order valence-electron chi connectivity index (χ3n) is 1.90. The average Bonchev–Trinajstić information content (AvgIpc) is 2.17. The zero-order valence-electron chi connectivity index (χ0n) is 8.26. The average molecular weight is 215 g/mol. The molecule has 0 aliphatic rings. The molecule has 0 aromatic heterocycles. The number of carbonyl (C=O) groups excluding carboxylic acids is 1. The van der Waals surface area contributed by atoms with E-state index in [0.29, 0.717) is 16.3 Å². The molecule has 0 saturated heterocycles. The highest BCUT2D eigenvalue weighted by Crippen LogP contribution is 2.27. The summed E-state index contributed by atoms with van der Waals surface area (Å²) in [4.78, 5) is 11.3. The zero-order chi connectivity index (χ0) is 10.7. The number of ether oxygens (including phenoxy) is 2. The molecule has 0 aliphatic carbocycles. The Kier molecular flexibility index (Phi) is 3.36. The second-order valence-electron chi connectivity index (χ2n) is 2.79. The number of methoxy groups -OCH3 is 2. The number of esters is 1. The minimum Gasteiger partial charge on any atom is -0.495 e. The van der Waals surface area contributed by atoms with E-state index in [1.54, 1.807) is 19.1 Å². The summed E-state index contributed by atoms with van der Waals surface area (Å²) in [6.45, 7) is 1.79. The minimum atomic E-state index is -0.391. The van der Waals surface area contributed by atoms with Gasteiger partial charge in [-0.2, -0.15) is 0 Å². The van der Waals surface area contributed by atoms with Crippen LogP contribution in [0.1, 0.15) is 15.9 Å². The Morgan fingerprint density at radius 2 is 2.00 bits per heavy atom. The lowest BCUT2D eigenvalue weighted by Gasteiger charge is -2.08. The number of aryl methyl sites for hydroxylation is 1. The van der Waals surface area contributed by atoms with Crippen molar-refractivity contribution in [1.82, 2.24) is 0 Å². The van der Waals surface area contributed by atoms with Gasteiger partial charge in [0.2, 0.25) is 0 Å². The van der Waals surface area contributed by atoms with Gasteiger partial charge in [-0.25, -0.2) is 4.79 Å². The second-order valence-corrected chi connectivity index (χ2v) is 3.20. The van der Waals surface area contributed by atoms with Crippen LogP contribution in [-0.2, 0) is 4.74 Å². The molecule has 0 saturated carbocycles. The highest BCUT2D eigenvalue weighted by atomic mass is 35.5. The fourth-order valence-corrected chi connectivity index (χ4v) is 1.43. The van der Waals surface area contributed by atoms with E-state index in [0.717, 1.165) is 5.56 Å². The van der Waals surface area contributed by atoms with E-state index in [1.165, 1.54) is 14.2 Å².